The van der Waals surface area contributed by atoms with E-state index in [9.17, 15) is 9.90 Å². The van der Waals surface area contributed by atoms with Gasteiger partial charge in [-0.3, -0.25) is 4.79 Å². The van der Waals surface area contributed by atoms with Crippen molar-refractivity contribution in [1.82, 2.24) is 15.5 Å². The second kappa shape index (κ2) is 8.25. The molecule has 0 saturated carbocycles. The molecule has 1 aromatic carbocycles. The summed E-state index contributed by atoms with van der Waals surface area (Å²) < 4.78 is 10.3. The van der Waals surface area contributed by atoms with E-state index >= 15 is 0 Å². The first kappa shape index (κ1) is 16.9. The lowest BCUT2D eigenvalue weighted by Crippen LogP contribution is -2.25. The van der Waals surface area contributed by atoms with Gasteiger partial charge in [0.2, 0.25) is 17.6 Å². The minimum Gasteiger partial charge on any atom is -0.461 e. The Morgan fingerprint density at radius 2 is 2.04 bits per heavy atom. The molecular weight excluding hydrogens is 322 g/mol. The van der Waals surface area contributed by atoms with Crippen molar-refractivity contribution >= 4 is 5.91 Å². The summed E-state index contributed by atoms with van der Waals surface area (Å²) in [4.78, 5) is 16.1. The SMILES string of the molecule is O=C(CCc1nc(-c2ccco2)no1)NCCC(O)c1ccccc1. The summed E-state index contributed by atoms with van der Waals surface area (Å²) in [5, 5.41) is 16.6. The van der Waals surface area contributed by atoms with E-state index in [-0.39, 0.29) is 12.3 Å². The van der Waals surface area contributed by atoms with Crippen LogP contribution in [-0.2, 0) is 11.2 Å². The molecule has 7 heteroatoms. The second-order valence-corrected chi connectivity index (χ2v) is 5.55. The Hall–Kier alpha value is -2.93. The molecule has 25 heavy (non-hydrogen) atoms. The molecule has 2 N–H and O–H groups in total. The van der Waals surface area contributed by atoms with Crippen LogP contribution in [0.15, 0.2) is 57.7 Å². The average molecular weight is 341 g/mol. The first-order valence-corrected chi connectivity index (χ1v) is 8.08. The van der Waals surface area contributed by atoms with Crippen molar-refractivity contribution in [2.24, 2.45) is 0 Å². The number of furan rings is 1. The first-order valence-electron chi connectivity index (χ1n) is 8.08. The third-order valence-electron chi connectivity index (χ3n) is 3.70. The molecule has 7 nitrogen and oxygen atoms in total. The van der Waals surface area contributed by atoms with Crippen molar-refractivity contribution in [2.75, 3.05) is 6.54 Å². The van der Waals surface area contributed by atoms with Gasteiger partial charge in [-0.2, -0.15) is 4.98 Å². The standard InChI is InChI=1S/C18H19N3O4/c22-14(13-5-2-1-3-6-13)10-11-19-16(23)8-9-17-20-18(21-25-17)15-7-4-12-24-15/h1-7,12,14,22H,8-11H2,(H,19,23). The van der Waals surface area contributed by atoms with Gasteiger partial charge in [-0.1, -0.05) is 35.5 Å². The summed E-state index contributed by atoms with van der Waals surface area (Å²) in [6, 6.07) is 12.8. The van der Waals surface area contributed by atoms with Crippen LogP contribution in [-0.4, -0.2) is 27.7 Å². The van der Waals surface area contributed by atoms with E-state index in [1.165, 1.54) is 6.26 Å². The molecule has 0 saturated heterocycles. The van der Waals surface area contributed by atoms with E-state index in [0.717, 1.165) is 5.56 Å². The molecule has 0 bridgehead atoms. The molecule has 130 valence electrons. The van der Waals surface area contributed by atoms with Gasteiger partial charge in [0.05, 0.1) is 12.4 Å². The lowest BCUT2D eigenvalue weighted by atomic mass is 10.1. The van der Waals surface area contributed by atoms with Crippen LogP contribution >= 0.6 is 0 Å². The predicted molar refractivity (Wildman–Crippen MR) is 89.3 cm³/mol. The molecule has 3 rings (SSSR count). The number of benzene rings is 1. The maximum absolute atomic E-state index is 11.9. The van der Waals surface area contributed by atoms with Crippen LogP contribution in [0, 0.1) is 0 Å². The van der Waals surface area contributed by atoms with Crippen molar-refractivity contribution in [3.8, 4) is 11.6 Å². The molecule has 0 spiro atoms. The summed E-state index contributed by atoms with van der Waals surface area (Å²) in [6.07, 6.45) is 1.98. The highest BCUT2D eigenvalue weighted by Gasteiger charge is 2.12. The van der Waals surface area contributed by atoms with Crippen LogP contribution in [0.1, 0.15) is 30.4 Å². The maximum atomic E-state index is 11.9. The number of amides is 1. The molecule has 0 radical (unpaired) electrons. The van der Waals surface area contributed by atoms with Gasteiger partial charge in [0.25, 0.3) is 0 Å². The van der Waals surface area contributed by atoms with Crippen molar-refractivity contribution in [2.45, 2.75) is 25.4 Å². The fourth-order valence-electron chi connectivity index (χ4n) is 2.36. The van der Waals surface area contributed by atoms with Gasteiger partial charge in [-0.15, -0.1) is 0 Å². The molecule has 0 aliphatic carbocycles. The molecule has 2 heterocycles. The zero-order valence-electron chi connectivity index (χ0n) is 13.6. The summed E-state index contributed by atoms with van der Waals surface area (Å²) in [5.41, 5.74) is 0.841. The zero-order valence-corrected chi connectivity index (χ0v) is 13.6. The molecule has 2 aromatic heterocycles. The number of nitrogens with one attached hydrogen (secondary N) is 1. The normalized spacial score (nSPS) is 12.0. The smallest absolute Gasteiger partial charge is 0.238 e. The summed E-state index contributed by atoms with van der Waals surface area (Å²) >= 11 is 0. The fraction of sp³-hybridized carbons (Fsp3) is 0.278. The van der Waals surface area contributed by atoms with Gasteiger partial charge in [0.1, 0.15) is 0 Å². The maximum Gasteiger partial charge on any atom is 0.238 e. The van der Waals surface area contributed by atoms with Gasteiger partial charge >= 0.3 is 0 Å². The monoisotopic (exact) mass is 341 g/mol. The number of nitrogens with zero attached hydrogens (tertiary/aromatic N) is 2. The van der Waals surface area contributed by atoms with Gasteiger partial charge < -0.3 is 19.4 Å². The highest BCUT2D eigenvalue weighted by atomic mass is 16.5. The molecular formula is C18H19N3O4. The predicted octanol–water partition coefficient (Wildman–Crippen LogP) is 2.50. The van der Waals surface area contributed by atoms with Crippen molar-refractivity contribution in [3.05, 3.63) is 60.2 Å². The van der Waals surface area contributed by atoms with Crippen molar-refractivity contribution in [3.63, 3.8) is 0 Å². The Kier molecular flexibility index (Phi) is 5.58. The summed E-state index contributed by atoms with van der Waals surface area (Å²) in [5.74, 6) is 1.14. The topological polar surface area (TPSA) is 101 Å². The van der Waals surface area contributed by atoms with Crippen molar-refractivity contribution < 1.29 is 18.8 Å². The zero-order chi connectivity index (χ0) is 17.5. The number of hydrogen-bond donors (Lipinski definition) is 2. The molecule has 0 aliphatic rings. The van der Waals surface area contributed by atoms with Crippen LogP contribution < -0.4 is 5.32 Å². The highest BCUT2D eigenvalue weighted by Crippen LogP contribution is 2.16. The Bertz CT molecular complexity index is 784. The number of aromatic nitrogens is 2. The van der Waals surface area contributed by atoms with Gasteiger partial charge in [-0.05, 0) is 24.1 Å². The molecule has 0 aliphatic heterocycles. The molecule has 0 fully saturated rings. The molecule has 1 atom stereocenters. The fourth-order valence-corrected chi connectivity index (χ4v) is 2.36. The van der Waals surface area contributed by atoms with Crippen LogP contribution in [0.2, 0.25) is 0 Å². The summed E-state index contributed by atoms with van der Waals surface area (Å²) in [7, 11) is 0. The summed E-state index contributed by atoms with van der Waals surface area (Å²) in [6.45, 7) is 0.399. The number of hydrogen-bond acceptors (Lipinski definition) is 6. The number of carbonyl (C=O) groups is 1. The third kappa shape index (κ3) is 4.77. The van der Waals surface area contributed by atoms with E-state index in [2.05, 4.69) is 15.5 Å². The van der Waals surface area contributed by atoms with E-state index in [0.29, 0.717) is 36.9 Å². The van der Waals surface area contributed by atoms with Crippen LogP contribution in [0.3, 0.4) is 0 Å². The molecule has 1 amide bonds. The number of aryl methyl sites for hydroxylation is 1. The van der Waals surface area contributed by atoms with Crippen LogP contribution in [0.4, 0.5) is 0 Å². The number of carbonyl (C=O) groups excluding carboxylic acids is 1. The van der Waals surface area contributed by atoms with Crippen LogP contribution in [0.5, 0.6) is 0 Å². The third-order valence-corrected chi connectivity index (χ3v) is 3.70. The molecule has 1 unspecified atom stereocenters. The molecule has 3 aromatic rings. The van der Waals surface area contributed by atoms with Crippen LogP contribution in [0.25, 0.3) is 11.6 Å². The Morgan fingerprint density at radius 3 is 2.80 bits per heavy atom. The van der Waals surface area contributed by atoms with E-state index in [1.54, 1.807) is 12.1 Å². The minimum atomic E-state index is -0.590. The number of aliphatic hydroxyl groups is 1. The van der Waals surface area contributed by atoms with E-state index in [1.807, 2.05) is 30.3 Å². The quantitative estimate of drug-likeness (QED) is 0.653. The van der Waals surface area contributed by atoms with Gasteiger partial charge in [0.15, 0.2) is 5.76 Å². The minimum absolute atomic E-state index is 0.127. The second-order valence-electron chi connectivity index (χ2n) is 5.55. The van der Waals surface area contributed by atoms with Gasteiger partial charge in [-0.25, -0.2) is 0 Å². The lowest BCUT2D eigenvalue weighted by Gasteiger charge is -2.11. The van der Waals surface area contributed by atoms with Gasteiger partial charge in [0, 0.05) is 19.4 Å². The Labute approximate surface area is 144 Å². The van der Waals surface area contributed by atoms with Crippen molar-refractivity contribution in [1.29, 1.82) is 0 Å². The Balaban J connectivity index is 1.38. The average Bonchev–Trinajstić information content (AvgIpc) is 3.32. The lowest BCUT2D eigenvalue weighted by molar-refractivity contribution is -0.121. The van der Waals surface area contributed by atoms with E-state index in [4.69, 9.17) is 8.94 Å². The number of rotatable bonds is 8. The van der Waals surface area contributed by atoms with E-state index < -0.39 is 6.10 Å². The highest BCUT2D eigenvalue weighted by molar-refractivity contribution is 5.75. The largest absolute Gasteiger partial charge is 0.461 e. The first-order chi connectivity index (χ1) is 12.2. The number of aliphatic hydroxyl groups excluding tert-OH is 1. The Morgan fingerprint density at radius 1 is 1.20 bits per heavy atom.